The third-order valence-corrected chi connectivity index (χ3v) is 7.22. The van der Waals surface area contributed by atoms with Crippen molar-refractivity contribution in [1.82, 2.24) is 15.3 Å². The van der Waals surface area contributed by atoms with E-state index in [0.717, 1.165) is 50.3 Å². The second kappa shape index (κ2) is 11.3. The third-order valence-electron chi connectivity index (χ3n) is 6.73. The number of ether oxygens (including phenoxy) is 1. The lowest BCUT2D eigenvalue weighted by Gasteiger charge is -2.30. The van der Waals surface area contributed by atoms with Crippen LogP contribution in [0.4, 0.5) is 24.9 Å². The number of rotatable bonds is 8. The summed E-state index contributed by atoms with van der Waals surface area (Å²) in [6.07, 6.45) is 4.17. The summed E-state index contributed by atoms with van der Waals surface area (Å²) >= 11 is 3.21. The van der Waals surface area contributed by atoms with E-state index in [1.165, 1.54) is 30.2 Å². The van der Waals surface area contributed by atoms with Crippen LogP contribution < -0.4 is 20.3 Å². The molecule has 0 spiro atoms. The number of anilines is 2. The second-order valence-corrected chi connectivity index (χ2v) is 10.5. The Morgan fingerprint density at radius 2 is 1.77 bits per heavy atom. The minimum Gasteiger partial charge on any atom is -0.405 e. The Bertz CT molecular complexity index is 1010. The van der Waals surface area contributed by atoms with Crippen LogP contribution >= 0.6 is 15.9 Å². The number of fused-ring (bicyclic) bond motifs is 1. The van der Waals surface area contributed by atoms with Gasteiger partial charge in [-0.05, 0) is 82.0 Å². The van der Waals surface area contributed by atoms with Crippen molar-refractivity contribution in [1.29, 1.82) is 0 Å². The Morgan fingerprint density at radius 3 is 2.49 bits per heavy atom. The average molecular weight is 556 g/mol. The van der Waals surface area contributed by atoms with E-state index in [-0.39, 0.29) is 5.75 Å². The maximum absolute atomic E-state index is 12.7. The van der Waals surface area contributed by atoms with Gasteiger partial charge in [-0.3, -0.25) is 0 Å². The molecule has 2 aromatic rings. The molecule has 0 aliphatic heterocycles. The summed E-state index contributed by atoms with van der Waals surface area (Å²) in [5.41, 5.74) is 3.00. The summed E-state index contributed by atoms with van der Waals surface area (Å²) in [5.74, 6) is 1.59. The molecule has 0 atom stereocenters. The van der Waals surface area contributed by atoms with Crippen LogP contribution in [0.5, 0.6) is 5.75 Å². The fourth-order valence-electron chi connectivity index (χ4n) is 5.00. The molecule has 10 heteroatoms. The lowest BCUT2D eigenvalue weighted by Crippen LogP contribution is -2.38. The smallest absolute Gasteiger partial charge is 0.405 e. The molecule has 2 aliphatic rings. The van der Waals surface area contributed by atoms with Gasteiger partial charge >= 0.3 is 6.36 Å². The standard InChI is InChI=1S/C25H33BrF3N5O/c1-34(2)23-20-5-3-4-6-21(20)32-24(33-23)31-19-11-9-18(10-12-19)30-14-13-16-7-8-17(26)15-22(16)35-25(27,28)29/h7-8,15,18-19,30H,3-6,9-14H2,1-2H3,(H,31,32,33). The first kappa shape index (κ1) is 26.0. The van der Waals surface area contributed by atoms with Crippen molar-refractivity contribution in [2.45, 2.75) is 76.2 Å². The summed E-state index contributed by atoms with van der Waals surface area (Å²) in [4.78, 5) is 11.7. The van der Waals surface area contributed by atoms with Crippen molar-refractivity contribution >= 4 is 27.7 Å². The van der Waals surface area contributed by atoms with Gasteiger partial charge < -0.3 is 20.3 Å². The predicted octanol–water partition coefficient (Wildman–Crippen LogP) is 5.64. The van der Waals surface area contributed by atoms with Crippen LogP contribution in [-0.4, -0.2) is 49.1 Å². The van der Waals surface area contributed by atoms with Crippen molar-refractivity contribution in [3.05, 3.63) is 39.5 Å². The quantitative estimate of drug-likeness (QED) is 0.439. The predicted molar refractivity (Wildman–Crippen MR) is 135 cm³/mol. The molecule has 1 fully saturated rings. The Morgan fingerprint density at radius 1 is 1.06 bits per heavy atom. The molecule has 0 unspecified atom stereocenters. The van der Waals surface area contributed by atoms with Gasteiger partial charge in [0.2, 0.25) is 5.95 Å². The van der Waals surface area contributed by atoms with E-state index in [0.29, 0.717) is 35.1 Å². The summed E-state index contributed by atoms with van der Waals surface area (Å²) in [6.45, 7) is 0.596. The normalized spacial score (nSPS) is 20.3. The molecular weight excluding hydrogens is 523 g/mol. The molecule has 0 saturated heterocycles. The molecule has 2 N–H and O–H groups in total. The lowest BCUT2D eigenvalue weighted by molar-refractivity contribution is -0.274. The number of aromatic nitrogens is 2. The van der Waals surface area contributed by atoms with Gasteiger partial charge in [-0.15, -0.1) is 13.2 Å². The largest absolute Gasteiger partial charge is 0.573 e. The van der Waals surface area contributed by atoms with Crippen molar-refractivity contribution in [2.24, 2.45) is 0 Å². The fraction of sp³-hybridized carbons (Fsp3) is 0.600. The molecule has 0 radical (unpaired) electrons. The molecule has 1 heterocycles. The third kappa shape index (κ3) is 7.22. The zero-order chi connectivity index (χ0) is 25.0. The van der Waals surface area contributed by atoms with Gasteiger partial charge in [-0.2, -0.15) is 4.98 Å². The van der Waals surface area contributed by atoms with Gasteiger partial charge in [0.15, 0.2) is 0 Å². The van der Waals surface area contributed by atoms with Crippen molar-refractivity contribution < 1.29 is 17.9 Å². The van der Waals surface area contributed by atoms with E-state index in [2.05, 4.69) is 36.2 Å². The molecule has 4 rings (SSSR count). The molecule has 35 heavy (non-hydrogen) atoms. The van der Waals surface area contributed by atoms with Gasteiger partial charge in [0, 0.05) is 36.2 Å². The second-order valence-electron chi connectivity index (χ2n) is 9.59. The topological polar surface area (TPSA) is 62.3 Å². The summed E-state index contributed by atoms with van der Waals surface area (Å²) in [6, 6.07) is 5.44. The molecule has 6 nitrogen and oxygen atoms in total. The van der Waals surface area contributed by atoms with Crippen LogP contribution in [0.25, 0.3) is 0 Å². The minimum atomic E-state index is -4.70. The first-order chi connectivity index (χ1) is 16.7. The van der Waals surface area contributed by atoms with E-state index in [9.17, 15) is 13.2 Å². The van der Waals surface area contributed by atoms with E-state index in [1.54, 1.807) is 12.1 Å². The van der Waals surface area contributed by atoms with E-state index in [4.69, 9.17) is 9.97 Å². The average Bonchev–Trinajstić information content (AvgIpc) is 2.80. The molecule has 192 valence electrons. The van der Waals surface area contributed by atoms with Crippen molar-refractivity contribution in [3.63, 3.8) is 0 Å². The number of nitrogens with zero attached hydrogens (tertiary/aromatic N) is 3. The maximum Gasteiger partial charge on any atom is 0.573 e. The number of aryl methyl sites for hydroxylation is 1. The number of hydrogen-bond donors (Lipinski definition) is 2. The Kier molecular flexibility index (Phi) is 8.42. The number of halogens is 4. The van der Waals surface area contributed by atoms with Gasteiger partial charge in [-0.25, -0.2) is 4.98 Å². The molecule has 0 amide bonds. The van der Waals surface area contributed by atoms with Crippen LogP contribution in [0.3, 0.4) is 0 Å². The molecule has 1 saturated carbocycles. The summed E-state index contributed by atoms with van der Waals surface area (Å²) in [7, 11) is 4.06. The van der Waals surface area contributed by atoms with Gasteiger partial charge in [-0.1, -0.05) is 22.0 Å². The van der Waals surface area contributed by atoms with Gasteiger partial charge in [0.25, 0.3) is 0 Å². The number of alkyl halides is 3. The highest BCUT2D eigenvalue weighted by atomic mass is 79.9. The highest BCUT2D eigenvalue weighted by molar-refractivity contribution is 9.10. The molecule has 2 aliphatic carbocycles. The van der Waals surface area contributed by atoms with Crippen LogP contribution in [0.2, 0.25) is 0 Å². The minimum absolute atomic E-state index is 0.149. The van der Waals surface area contributed by atoms with Crippen LogP contribution in [-0.2, 0) is 19.3 Å². The lowest BCUT2D eigenvalue weighted by atomic mass is 9.91. The Hall–Kier alpha value is -2.07. The first-order valence-corrected chi connectivity index (χ1v) is 13.1. The van der Waals surface area contributed by atoms with Crippen molar-refractivity contribution in [3.8, 4) is 5.75 Å². The number of hydrogen-bond acceptors (Lipinski definition) is 6. The van der Waals surface area contributed by atoms with E-state index < -0.39 is 6.36 Å². The molecular formula is C25H33BrF3N5O. The Balaban J connectivity index is 1.27. The van der Waals surface area contributed by atoms with E-state index >= 15 is 0 Å². The zero-order valence-corrected chi connectivity index (χ0v) is 21.8. The molecule has 1 aromatic heterocycles. The van der Waals surface area contributed by atoms with Crippen LogP contribution in [0.1, 0.15) is 55.3 Å². The maximum atomic E-state index is 12.7. The SMILES string of the molecule is CN(C)c1nc(NC2CCC(NCCc3ccc(Br)cc3OC(F)(F)F)CC2)nc2c1CCCC2. The fourth-order valence-corrected chi connectivity index (χ4v) is 5.34. The molecule has 0 bridgehead atoms. The highest BCUT2D eigenvalue weighted by Gasteiger charge is 2.32. The van der Waals surface area contributed by atoms with E-state index in [1.807, 2.05) is 14.1 Å². The number of nitrogens with one attached hydrogen (secondary N) is 2. The van der Waals surface area contributed by atoms with Crippen molar-refractivity contribution in [2.75, 3.05) is 30.9 Å². The summed E-state index contributed by atoms with van der Waals surface area (Å²) in [5, 5.41) is 7.07. The van der Waals surface area contributed by atoms with Gasteiger partial charge in [0.1, 0.15) is 11.6 Å². The molecule has 1 aromatic carbocycles. The highest BCUT2D eigenvalue weighted by Crippen LogP contribution is 2.31. The number of benzene rings is 1. The summed E-state index contributed by atoms with van der Waals surface area (Å²) < 4.78 is 43.0. The first-order valence-electron chi connectivity index (χ1n) is 12.3. The van der Waals surface area contributed by atoms with Crippen LogP contribution in [0, 0.1) is 0 Å². The van der Waals surface area contributed by atoms with Gasteiger partial charge in [0.05, 0.1) is 5.69 Å². The zero-order valence-electron chi connectivity index (χ0n) is 20.2. The Labute approximate surface area is 213 Å². The van der Waals surface area contributed by atoms with Crippen LogP contribution in [0.15, 0.2) is 22.7 Å². The monoisotopic (exact) mass is 555 g/mol.